The van der Waals surface area contributed by atoms with Crippen LogP contribution in [-0.4, -0.2) is 32.8 Å². The lowest BCUT2D eigenvalue weighted by atomic mass is 10.0. The van der Waals surface area contributed by atoms with Gasteiger partial charge in [-0.3, -0.25) is 0 Å². The summed E-state index contributed by atoms with van der Waals surface area (Å²) >= 11 is 0. The van der Waals surface area contributed by atoms with Gasteiger partial charge < -0.3 is 15.0 Å². The molecule has 2 heterocycles. The van der Waals surface area contributed by atoms with Crippen LogP contribution in [0.2, 0.25) is 0 Å². The maximum absolute atomic E-state index is 5.73. The third-order valence-corrected chi connectivity index (χ3v) is 3.98. The van der Waals surface area contributed by atoms with Crippen molar-refractivity contribution in [3.8, 4) is 0 Å². The van der Waals surface area contributed by atoms with Gasteiger partial charge in [0.05, 0.1) is 6.10 Å². The Hall–Kier alpha value is -1.22. The van der Waals surface area contributed by atoms with Crippen molar-refractivity contribution in [3.05, 3.63) is 23.8 Å². The number of benzene rings is 1. The average Bonchev–Trinajstić information content (AvgIpc) is 2.91. The first-order valence-electron chi connectivity index (χ1n) is 7.03. The molecular weight excluding hydrogens is 224 g/mol. The molecule has 1 unspecified atom stereocenters. The zero-order valence-electron chi connectivity index (χ0n) is 11.1. The number of hydrogen-bond donors (Lipinski definition) is 1. The van der Waals surface area contributed by atoms with E-state index in [4.69, 9.17) is 4.74 Å². The summed E-state index contributed by atoms with van der Waals surface area (Å²) in [6.07, 6.45) is 5.26. The van der Waals surface area contributed by atoms with Crippen molar-refractivity contribution in [2.45, 2.75) is 31.8 Å². The molecule has 3 nitrogen and oxygen atoms in total. The normalized spacial score (nSPS) is 22.4. The summed E-state index contributed by atoms with van der Waals surface area (Å²) in [6, 6.07) is 6.58. The molecule has 0 bridgehead atoms. The number of nitrogens with zero attached hydrogens (tertiary/aromatic N) is 1. The minimum absolute atomic E-state index is 0.419. The van der Waals surface area contributed by atoms with Gasteiger partial charge in [0.15, 0.2) is 0 Å². The Kier molecular flexibility index (Phi) is 3.41. The van der Waals surface area contributed by atoms with Crippen LogP contribution in [0, 0.1) is 0 Å². The molecule has 0 amide bonds. The predicted molar refractivity (Wildman–Crippen MR) is 75.5 cm³/mol. The molecule has 1 N–H and O–H groups in total. The largest absolute Gasteiger partial charge is 0.385 e. The number of fused-ring (bicyclic) bond motifs is 1. The molecule has 0 radical (unpaired) electrons. The van der Waals surface area contributed by atoms with Gasteiger partial charge in [0.2, 0.25) is 0 Å². The average molecular weight is 246 g/mol. The summed E-state index contributed by atoms with van der Waals surface area (Å²) < 4.78 is 5.73. The summed E-state index contributed by atoms with van der Waals surface area (Å²) in [4.78, 5) is 2.36. The van der Waals surface area contributed by atoms with Crippen molar-refractivity contribution in [1.82, 2.24) is 0 Å². The standard InChI is InChI=1S/C15H22N2O/c1-17(11-12-5-4-10-18-12)15-8-2-7-14-13(15)6-3-9-16-14/h2,7-8,12,16H,3-6,9-11H2,1H3. The lowest BCUT2D eigenvalue weighted by Crippen LogP contribution is -2.30. The number of rotatable bonds is 3. The van der Waals surface area contributed by atoms with E-state index in [2.05, 4.69) is 35.5 Å². The van der Waals surface area contributed by atoms with Gasteiger partial charge in [-0.2, -0.15) is 0 Å². The molecule has 0 spiro atoms. The third kappa shape index (κ3) is 2.32. The van der Waals surface area contributed by atoms with Gasteiger partial charge in [0.1, 0.15) is 0 Å². The Labute approximate surface area is 109 Å². The zero-order chi connectivity index (χ0) is 12.4. The highest BCUT2D eigenvalue weighted by Gasteiger charge is 2.20. The van der Waals surface area contributed by atoms with Crippen LogP contribution < -0.4 is 10.2 Å². The Balaban J connectivity index is 1.78. The van der Waals surface area contributed by atoms with E-state index in [1.807, 2.05) is 0 Å². The molecule has 1 fully saturated rings. The Morgan fingerprint density at radius 2 is 2.33 bits per heavy atom. The topological polar surface area (TPSA) is 24.5 Å². The quantitative estimate of drug-likeness (QED) is 0.887. The van der Waals surface area contributed by atoms with Crippen molar-refractivity contribution in [3.63, 3.8) is 0 Å². The molecule has 0 saturated carbocycles. The maximum atomic E-state index is 5.73. The van der Waals surface area contributed by atoms with Crippen LogP contribution in [-0.2, 0) is 11.2 Å². The lowest BCUT2D eigenvalue weighted by Gasteiger charge is -2.28. The van der Waals surface area contributed by atoms with Crippen molar-refractivity contribution in [2.75, 3.05) is 37.0 Å². The zero-order valence-corrected chi connectivity index (χ0v) is 11.1. The molecule has 18 heavy (non-hydrogen) atoms. The second-order valence-electron chi connectivity index (χ2n) is 5.35. The van der Waals surface area contributed by atoms with Crippen LogP contribution in [0.4, 0.5) is 11.4 Å². The molecular formula is C15H22N2O. The second-order valence-corrected chi connectivity index (χ2v) is 5.35. The number of likely N-dealkylation sites (N-methyl/N-ethyl adjacent to an activating group) is 1. The highest BCUT2D eigenvalue weighted by Crippen LogP contribution is 2.31. The van der Waals surface area contributed by atoms with Gasteiger partial charge in [-0.1, -0.05) is 6.07 Å². The van der Waals surface area contributed by atoms with Crippen molar-refractivity contribution >= 4 is 11.4 Å². The first-order valence-corrected chi connectivity index (χ1v) is 7.03. The molecule has 1 aromatic carbocycles. The van der Waals surface area contributed by atoms with E-state index in [0.717, 1.165) is 19.7 Å². The first-order chi connectivity index (χ1) is 8.84. The minimum Gasteiger partial charge on any atom is -0.385 e. The number of ether oxygens (including phenoxy) is 1. The summed E-state index contributed by atoms with van der Waals surface area (Å²) in [5.74, 6) is 0. The fraction of sp³-hybridized carbons (Fsp3) is 0.600. The van der Waals surface area contributed by atoms with Crippen LogP contribution in [0.1, 0.15) is 24.8 Å². The molecule has 0 aromatic heterocycles. The van der Waals surface area contributed by atoms with Crippen molar-refractivity contribution in [2.24, 2.45) is 0 Å². The van der Waals surface area contributed by atoms with Gasteiger partial charge >= 0.3 is 0 Å². The van der Waals surface area contributed by atoms with E-state index in [-0.39, 0.29) is 0 Å². The van der Waals surface area contributed by atoms with Crippen LogP contribution in [0.25, 0.3) is 0 Å². The molecule has 2 aliphatic rings. The molecule has 98 valence electrons. The summed E-state index contributed by atoms with van der Waals surface area (Å²) in [7, 11) is 2.19. The second kappa shape index (κ2) is 5.19. The summed E-state index contributed by atoms with van der Waals surface area (Å²) in [6.45, 7) is 3.05. The van der Waals surface area contributed by atoms with Gasteiger partial charge in [-0.05, 0) is 43.4 Å². The molecule has 1 saturated heterocycles. The fourth-order valence-electron chi connectivity index (χ4n) is 3.04. The van der Waals surface area contributed by atoms with E-state index in [0.29, 0.717) is 6.10 Å². The summed E-state index contributed by atoms with van der Waals surface area (Å²) in [5.41, 5.74) is 4.16. The van der Waals surface area contributed by atoms with E-state index >= 15 is 0 Å². The summed E-state index contributed by atoms with van der Waals surface area (Å²) in [5, 5.41) is 3.49. The SMILES string of the molecule is CN(CC1CCCO1)c1cccc2c1CCCN2. The lowest BCUT2D eigenvalue weighted by molar-refractivity contribution is 0.116. The smallest absolute Gasteiger partial charge is 0.0750 e. The molecule has 3 heteroatoms. The number of nitrogens with one attached hydrogen (secondary N) is 1. The van der Waals surface area contributed by atoms with E-state index in [9.17, 15) is 0 Å². The van der Waals surface area contributed by atoms with E-state index in [1.165, 1.54) is 42.6 Å². The monoisotopic (exact) mass is 246 g/mol. The molecule has 3 rings (SSSR count). The van der Waals surface area contributed by atoms with E-state index in [1.54, 1.807) is 0 Å². The molecule has 2 aliphatic heterocycles. The Morgan fingerprint density at radius 1 is 1.39 bits per heavy atom. The third-order valence-electron chi connectivity index (χ3n) is 3.98. The van der Waals surface area contributed by atoms with Gasteiger partial charge in [-0.15, -0.1) is 0 Å². The van der Waals surface area contributed by atoms with Gasteiger partial charge in [0, 0.05) is 38.1 Å². The highest BCUT2D eigenvalue weighted by atomic mass is 16.5. The molecule has 0 aliphatic carbocycles. The van der Waals surface area contributed by atoms with Gasteiger partial charge in [-0.25, -0.2) is 0 Å². The van der Waals surface area contributed by atoms with E-state index < -0.39 is 0 Å². The predicted octanol–water partition coefficient (Wildman–Crippen LogP) is 2.66. The fourth-order valence-corrected chi connectivity index (χ4v) is 3.04. The van der Waals surface area contributed by atoms with Crippen LogP contribution in [0.5, 0.6) is 0 Å². The van der Waals surface area contributed by atoms with Crippen LogP contribution >= 0.6 is 0 Å². The first kappa shape index (κ1) is 11.8. The minimum atomic E-state index is 0.419. The maximum Gasteiger partial charge on any atom is 0.0750 e. The Bertz CT molecular complexity index is 413. The van der Waals surface area contributed by atoms with Crippen molar-refractivity contribution in [1.29, 1.82) is 0 Å². The van der Waals surface area contributed by atoms with Gasteiger partial charge in [0.25, 0.3) is 0 Å². The highest BCUT2D eigenvalue weighted by molar-refractivity contribution is 5.67. The molecule has 1 aromatic rings. The Morgan fingerprint density at radius 3 is 3.17 bits per heavy atom. The molecule has 1 atom stereocenters. The van der Waals surface area contributed by atoms with Crippen LogP contribution in [0.3, 0.4) is 0 Å². The number of anilines is 2. The van der Waals surface area contributed by atoms with Crippen molar-refractivity contribution < 1.29 is 4.74 Å². The number of hydrogen-bond acceptors (Lipinski definition) is 3. The van der Waals surface area contributed by atoms with Crippen LogP contribution in [0.15, 0.2) is 18.2 Å².